The number of carbonyl (C=O) groups excluding carboxylic acids is 1. The van der Waals surface area contributed by atoms with E-state index >= 15 is 0 Å². The van der Waals surface area contributed by atoms with Gasteiger partial charge in [-0.15, -0.1) is 0 Å². The second-order valence-corrected chi connectivity index (χ2v) is 13.8. The maximum atomic E-state index is 12.2. The molecular formula is C42H82N2O4. The van der Waals surface area contributed by atoms with Gasteiger partial charge in [-0.3, -0.25) is 4.79 Å². The molecule has 6 nitrogen and oxygen atoms in total. The number of ether oxygens (including phenoxy) is 3. The molecule has 0 saturated carbocycles. The molecule has 48 heavy (non-hydrogen) atoms. The van der Waals surface area contributed by atoms with Gasteiger partial charge in [0.15, 0.2) is 6.10 Å². The third kappa shape index (κ3) is 34.6. The predicted octanol–water partition coefficient (Wildman–Crippen LogP) is 11.3. The highest BCUT2D eigenvalue weighted by atomic mass is 16.6. The van der Waals surface area contributed by atoms with Crippen molar-refractivity contribution in [3.05, 3.63) is 24.3 Å². The van der Waals surface area contributed by atoms with E-state index in [0.29, 0.717) is 33.0 Å². The summed E-state index contributed by atoms with van der Waals surface area (Å²) in [6.45, 7) is 6.74. The fraction of sp³-hybridized carbons (Fsp3) is 0.881. The van der Waals surface area contributed by atoms with Crippen LogP contribution in [0.1, 0.15) is 194 Å². The van der Waals surface area contributed by atoms with Gasteiger partial charge in [-0.1, -0.05) is 154 Å². The van der Waals surface area contributed by atoms with E-state index in [9.17, 15) is 4.79 Å². The monoisotopic (exact) mass is 679 g/mol. The van der Waals surface area contributed by atoms with Crippen LogP contribution in [0.5, 0.6) is 0 Å². The van der Waals surface area contributed by atoms with Crippen molar-refractivity contribution in [2.24, 2.45) is 11.5 Å². The summed E-state index contributed by atoms with van der Waals surface area (Å²) < 4.78 is 17.7. The minimum atomic E-state index is -0.806. The number of hydrogen-bond donors (Lipinski definition) is 2. The van der Waals surface area contributed by atoms with Gasteiger partial charge in [-0.25, -0.2) is 0 Å². The van der Waals surface area contributed by atoms with Crippen molar-refractivity contribution in [3.8, 4) is 0 Å². The maximum absolute atomic E-state index is 12.2. The Morgan fingerprint density at radius 1 is 0.500 bits per heavy atom. The number of rotatable bonds is 40. The van der Waals surface area contributed by atoms with Gasteiger partial charge >= 0.3 is 0 Å². The Balaban J connectivity index is 3.86. The molecule has 0 fully saturated rings. The van der Waals surface area contributed by atoms with Gasteiger partial charge in [0, 0.05) is 19.8 Å². The third-order valence-corrected chi connectivity index (χ3v) is 9.10. The predicted molar refractivity (Wildman–Crippen MR) is 207 cm³/mol. The molecular weight excluding hydrogens is 596 g/mol. The smallest absolute Gasteiger partial charge is 0.249 e. The summed E-state index contributed by atoms with van der Waals surface area (Å²) in [6, 6.07) is 0. The molecule has 2 atom stereocenters. The fourth-order valence-corrected chi connectivity index (χ4v) is 6.03. The topological polar surface area (TPSA) is 96.8 Å². The maximum Gasteiger partial charge on any atom is 0.249 e. The summed E-state index contributed by atoms with van der Waals surface area (Å²) in [5, 5.41) is 0. The minimum absolute atomic E-state index is 0.298. The van der Waals surface area contributed by atoms with Gasteiger partial charge in [0.05, 0.1) is 13.2 Å². The van der Waals surface area contributed by atoms with E-state index in [4.69, 9.17) is 25.7 Å². The van der Waals surface area contributed by atoms with E-state index in [2.05, 4.69) is 38.2 Å². The highest BCUT2D eigenvalue weighted by Crippen LogP contribution is 2.13. The zero-order valence-corrected chi connectivity index (χ0v) is 32.1. The minimum Gasteiger partial charge on any atom is -0.379 e. The molecule has 0 aliphatic rings. The van der Waals surface area contributed by atoms with Gasteiger partial charge < -0.3 is 25.7 Å². The number of carbonyl (C=O) groups is 1. The van der Waals surface area contributed by atoms with E-state index < -0.39 is 18.1 Å². The molecule has 0 heterocycles. The fourth-order valence-electron chi connectivity index (χ4n) is 6.03. The second-order valence-electron chi connectivity index (χ2n) is 13.8. The number of nitrogens with two attached hydrogens (primary N) is 2. The molecule has 0 spiro atoms. The van der Waals surface area contributed by atoms with Crippen LogP contribution in [-0.4, -0.2) is 51.1 Å². The first-order valence-electron chi connectivity index (χ1n) is 20.8. The van der Waals surface area contributed by atoms with Crippen LogP contribution in [0, 0.1) is 0 Å². The summed E-state index contributed by atoms with van der Waals surface area (Å²) in [4.78, 5) is 12.2. The van der Waals surface area contributed by atoms with Crippen LogP contribution in [0.4, 0.5) is 0 Å². The molecule has 0 aliphatic carbocycles. The van der Waals surface area contributed by atoms with E-state index in [1.165, 1.54) is 154 Å². The summed E-state index contributed by atoms with van der Waals surface area (Å²) >= 11 is 0. The molecule has 1 amide bonds. The number of primary amides is 1. The lowest BCUT2D eigenvalue weighted by Gasteiger charge is -2.25. The summed E-state index contributed by atoms with van der Waals surface area (Å²) in [5.74, 6) is -0.498. The van der Waals surface area contributed by atoms with E-state index in [-0.39, 0.29) is 0 Å². The second kappa shape index (κ2) is 40.2. The lowest BCUT2D eigenvalue weighted by atomic mass is 10.1. The Labute approximate surface area is 299 Å². The molecule has 284 valence electrons. The van der Waals surface area contributed by atoms with E-state index in [1.54, 1.807) is 0 Å². The molecule has 0 saturated heterocycles. The lowest BCUT2D eigenvalue weighted by molar-refractivity contribution is -0.147. The van der Waals surface area contributed by atoms with Crippen LogP contribution in [0.15, 0.2) is 24.3 Å². The Bertz CT molecular complexity index is 699. The third-order valence-electron chi connectivity index (χ3n) is 9.10. The standard InChI is InChI=1S/C42H82N2O4/c1-3-5-7-9-11-13-15-17-19-21-23-25-27-29-31-33-36-46-39-40(47-38-35-43)41(42(44)45)48-37-34-32-30-28-26-24-22-20-18-16-14-12-10-8-6-4-2/h17-20,40-41H,3-16,21-39,43H2,1-2H3,(H2,44,45)/b19-17-,20-18-. The molecule has 2 unspecified atom stereocenters. The number of allylic oxidation sites excluding steroid dienone is 4. The molecule has 0 aromatic rings. The van der Waals surface area contributed by atoms with Crippen LogP contribution in [0.25, 0.3) is 0 Å². The highest BCUT2D eigenvalue weighted by molar-refractivity contribution is 5.79. The van der Waals surface area contributed by atoms with Crippen molar-refractivity contribution in [1.29, 1.82) is 0 Å². The average molecular weight is 679 g/mol. The number of amides is 1. The Morgan fingerprint density at radius 3 is 1.27 bits per heavy atom. The van der Waals surface area contributed by atoms with Crippen molar-refractivity contribution in [1.82, 2.24) is 0 Å². The zero-order valence-electron chi connectivity index (χ0n) is 32.1. The first kappa shape index (κ1) is 46.8. The van der Waals surface area contributed by atoms with Crippen LogP contribution < -0.4 is 11.5 Å². The Morgan fingerprint density at radius 2 is 0.875 bits per heavy atom. The molecule has 6 heteroatoms. The van der Waals surface area contributed by atoms with E-state index in [0.717, 1.165) is 25.7 Å². The van der Waals surface area contributed by atoms with Crippen molar-refractivity contribution in [3.63, 3.8) is 0 Å². The first-order chi connectivity index (χ1) is 23.7. The van der Waals surface area contributed by atoms with Crippen molar-refractivity contribution >= 4 is 5.91 Å². The molecule has 0 aromatic carbocycles. The van der Waals surface area contributed by atoms with Gasteiger partial charge in [0.1, 0.15) is 6.10 Å². The Hall–Kier alpha value is -1.21. The number of hydrogen-bond acceptors (Lipinski definition) is 5. The Kier molecular flexibility index (Phi) is 39.2. The lowest BCUT2D eigenvalue weighted by Crippen LogP contribution is -2.45. The molecule has 0 aromatic heterocycles. The van der Waals surface area contributed by atoms with Crippen LogP contribution in [0.2, 0.25) is 0 Å². The normalized spacial score (nSPS) is 13.2. The van der Waals surface area contributed by atoms with Crippen LogP contribution in [-0.2, 0) is 19.0 Å². The van der Waals surface area contributed by atoms with E-state index in [1.807, 2.05) is 0 Å². The van der Waals surface area contributed by atoms with Crippen molar-refractivity contribution in [2.75, 3.05) is 33.0 Å². The molecule has 0 radical (unpaired) electrons. The van der Waals surface area contributed by atoms with Crippen molar-refractivity contribution < 1.29 is 19.0 Å². The largest absolute Gasteiger partial charge is 0.379 e. The van der Waals surface area contributed by atoms with Crippen molar-refractivity contribution in [2.45, 2.75) is 206 Å². The molecule has 0 aliphatic heterocycles. The van der Waals surface area contributed by atoms with Crippen LogP contribution in [0.3, 0.4) is 0 Å². The summed E-state index contributed by atoms with van der Waals surface area (Å²) in [5.41, 5.74) is 11.4. The molecule has 0 rings (SSSR count). The quantitative estimate of drug-likeness (QED) is 0.0496. The van der Waals surface area contributed by atoms with Gasteiger partial charge in [-0.05, 0) is 64.2 Å². The summed E-state index contributed by atoms with van der Waals surface area (Å²) in [7, 11) is 0. The van der Waals surface area contributed by atoms with Gasteiger partial charge in [0.2, 0.25) is 5.91 Å². The highest BCUT2D eigenvalue weighted by Gasteiger charge is 2.28. The zero-order chi connectivity index (χ0) is 35.0. The van der Waals surface area contributed by atoms with Crippen LogP contribution >= 0.6 is 0 Å². The SMILES string of the molecule is CCCCCCCC/C=C\CCCCCCCCOCC(OCCN)C(OCCCCCCCC/C=C\CCCCCCCC)C(N)=O. The molecule has 4 N–H and O–H groups in total. The molecule has 0 bridgehead atoms. The van der Waals surface area contributed by atoms with Gasteiger partial charge in [0.25, 0.3) is 0 Å². The number of unbranched alkanes of at least 4 members (excludes halogenated alkanes) is 24. The average Bonchev–Trinajstić information content (AvgIpc) is 3.08. The summed E-state index contributed by atoms with van der Waals surface area (Å²) in [6.07, 6.45) is 43.8. The van der Waals surface area contributed by atoms with Gasteiger partial charge in [-0.2, -0.15) is 0 Å². The first-order valence-corrected chi connectivity index (χ1v) is 20.8.